The van der Waals surface area contributed by atoms with Gasteiger partial charge in [-0.05, 0) is 37.1 Å². The van der Waals surface area contributed by atoms with Crippen molar-refractivity contribution < 1.29 is 4.92 Å². The van der Waals surface area contributed by atoms with E-state index in [1.807, 2.05) is 30.3 Å². The molecule has 0 N–H and O–H groups in total. The van der Waals surface area contributed by atoms with Crippen molar-refractivity contribution in [1.82, 2.24) is 4.98 Å². The third-order valence-corrected chi connectivity index (χ3v) is 5.92. The summed E-state index contributed by atoms with van der Waals surface area (Å²) >= 11 is 5.00. The number of anilines is 1. The van der Waals surface area contributed by atoms with Crippen molar-refractivity contribution in [2.45, 2.75) is 18.9 Å². The summed E-state index contributed by atoms with van der Waals surface area (Å²) in [5.74, 6) is 0. The number of thiazole rings is 1. The van der Waals surface area contributed by atoms with Gasteiger partial charge in [0.15, 0.2) is 0 Å². The fourth-order valence-corrected chi connectivity index (χ4v) is 4.69. The molecule has 0 amide bonds. The highest BCUT2D eigenvalue weighted by atomic mass is 79.9. The van der Waals surface area contributed by atoms with Gasteiger partial charge in [-0.3, -0.25) is 10.1 Å². The molecule has 2 aromatic carbocycles. The summed E-state index contributed by atoms with van der Waals surface area (Å²) in [4.78, 5) is 18.0. The van der Waals surface area contributed by atoms with Gasteiger partial charge in [0.1, 0.15) is 10.7 Å². The highest BCUT2D eigenvalue weighted by molar-refractivity contribution is 9.10. The Balaban J connectivity index is 1.77. The number of fused-ring (bicyclic) bond motifs is 1. The lowest BCUT2D eigenvalue weighted by Gasteiger charge is -2.25. The van der Waals surface area contributed by atoms with Gasteiger partial charge in [0.05, 0.1) is 21.2 Å². The smallest absolute Gasteiger partial charge is 0.293 e. The van der Waals surface area contributed by atoms with E-state index >= 15 is 0 Å². The first-order valence-corrected chi connectivity index (χ1v) is 9.30. The molecule has 1 aliphatic rings. The summed E-state index contributed by atoms with van der Waals surface area (Å²) in [6.07, 6.45) is 1.97. The number of nitro benzene ring substituents is 1. The van der Waals surface area contributed by atoms with Gasteiger partial charge in [-0.1, -0.05) is 28.1 Å². The second kappa shape index (κ2) is 6.14. The molecule has 3 aromatic rings. The van der Waals surface area contributed by atoms with Crippen molar-refractivity contribution in [3.63, 3.8) is 0 Å². The number of nitrogens with zero attached hydrogens (tertiary/aromatic N) is 3. The zero-order valence-corrected chi connectivity index (χ0v) is 15.1. The van der Waals surface area contributed by atoms with Gasteiger partial charge in [-0.25, -0.2) is 4.98 Å². The van der Waals surface area contributed by atoms with Gasteiger partial charge in [0, 0.05) is 17.1 Å². The standard InChI is InChI=1S/C17H14BrN3O2S/c18-11-7-8-13(15(10-11)21(22)23)20-9-3-5-14(20)17-19-12-4-1-2-6-16(12)24-17/h1-2,4,6-8,10,14H,3,5,9H2/t14-/m0/s1. The van der Waals surface area contributed by atoms with Gasteiger partial charge in [0.2, 0.25) is 0 Å². The third kappa shape index (κ3) is 2.67. The van der Waals surface area contributed by atoms with Crippen LogP contribution in [0.2, 0.25) is 0 Å². The zero-order valence-electron chi connectivity index (χ0n) is 12.7. The van der Waals surface area contributed by atoms with E-state index in [0.717, 1.165) is 34.6 Å². The van der Waals surface area contributed by atoms with E-state index in [4.69, 9.17) is 4.98 Å². The summed E-state index contributed by atoms with van der Waals surface area (Å²) in [5.41, 5.74) is 1.80. The van der Waals surface area contributed by atoms with Crippen LogP contribution in [0.4, 0.5) is 11.4 Å². The lowest BCUT2D eigenvalue weighted by atomic mass is 10.2. The van der Waals surface area contributed by atoms with Crippen LogP contribution in [0.3, 0.4) is 0 Å². The van der Waals surface area contributed by atoms with Crippen LogP contribution in [0, 0.1) is 10.1 Å². The molecule has 1 atom stereocenters. The van der Waals surface area contributed by atoms with Gasteiger partial charge < -0.3 is 4.90 Å². The summed E-state index contributed by atoms with van der Waals surface area (Å²) in [5, 5.41) is 12.5. The first-order valence-electron chi connectivity index (χ1n) is 7.69. The number of hydrogen-bond donors (Lipinski definition) is 0. The van der Waals surface area contributed by atoms with E-state index in [9.17, 15) is 10.1 Å². The van der Waals surface area contributed by atoms with Crippen LogP contribution in [-0.4, -0.2) is 16.5 Å². The lowest BCUT2D eigenvalue weighted by Crippen LogP contribution is -2.23. The van der Waals surface area contributed by atoms with E-state index in [-0.39, 0.29) is 16.7 Å². The Kier molecular flexibility index (Phi) is 3.97. The Morgan fingerprint density at radius 1 is 1.29 bits per heavy atom. The molecule has 4 rings (SSSR count). The van der Waals surface area contributed by atoms with Crippen LogP contribution in [0.1, 0.15) is 23.9 Å². The Morgan fingerprint density at radius 2 is 2.12 bits per heavy atom. The molecule has 1 aromatic heterocycles. The fourth-order valence-electron chi connectivity index (χ4n) is 3.23. The molecule has 2 heterocycles. The Hall–Kier alpha value is -1.99. The van der Waals surface area contributed by atoms with Crippen LogP contribution >= 0.6 is 27.3 Å². The minimum Gasteiger partial charge on any atom is -0.357 e. The van der Waals surface area contributed by atoms with E-state index in [1.54, 1.807) is 17.4 Å². The maximum absolute atomic E-state index is 11.5. The van der Waals surface area contributed by atoms with Gasteiger partial charge in [0.25, 0.3) is 5.69 Å². The number of aromatic nitrogens is 1. The second-order valence-electron chi connectivity index (χ2n) is 5.76. The molecule has 24 heavy (non-hydrogen) atoms. The van der Waals surface area contributed by atoms with Crippen molar-refractivity contribution in [1.29, 1.82) is 0 Å². The number of halogens is 1. The van der Waals surface area contributed by atoms with Crippen molar-refractivity contribution >= 4 is 48.9 Å². The van der Waals surface area contributed by atoms with Crippen LogP contribution in [-0.2, 0) is 0 Å². The largest absolute Gasteiger partial charge is 0.357 e. The average Bonchev–Trinajstić information content (AvgIpc) is 3.20. The van der Waals surface area contributed by atoms with Crippen LogP contribution in [0.5, 0.6) is 0 Å². The summed E-state index contributed by atoms with van der Waals surface area (Å²) in [6, 6.07) is 13.4. The van der Waals surface area contributed by atoms with E-state index in [0.29, 0.717) is 10.2 Å². The second-order valence-corrected chi connectivity index (χ2v) is 7.74. The lowest BCUT2D eigenvalue weighted by molar-refractivity contribution is -0.384. The number of benzene rings is 2. The van der Waals surface area contributed by atoms with Gasteiger partial charge in [-0.15, -0.1) is 11.3 Å². The molecule has 0 aliphatic carbocycles. The Morgan fingerprint density at radius 3 is 2.92 bits per heavy atom. The van der Waals surface area contributed by atoms with Crippen molar-refractivity contribution in [3.8, 4) is 0 Å². The predicted molar refractivity (Wildman–Crippen MR) is 99.7 cm³/mol. The van der Waals surface area contributed by atoms with Crippen molar-refractivity contribution in [2.24, 2.45) is 0 Å². The number of nitro groups is 1. The molecule has 122 valence electrons. The summed E-state index contributed by atoms with van der Waals surface area (Å²) in [7, 11) is 0. The molecule has 1 fully saturated rings. The molecule has 0 spiro atoms. The minimum absolute atomic E-state index is 0.0993. The van der Waals surface area contributed by atoms with Crippen LogP contribution < -0.4 is 4.90 Å². The molecular formula is C17H14BrN3O2S. The van der Waals surface area contributed by atoms with Crippen molar-refractivity contribution in [3.05, 3.63) is 62.1 Å². The average molecular weight is 404 g/mol. The summed E-state index contributed by atoms with van der Waals surface area (Å²) in [6.45, 7) is 0.809. The normalized spacial score (nSPS) is 17.5. The third-order valence-electron chi connectivity index (χ3n) is 4.29. The zero-order chi connectivity index (χ0) is 16.7. The van der Waals surface area contributed by atoms with E-state index in [2.05, 4.69) is 26.9 Å². The first-order chi connectivity index (χ1) is 11.6. The molecular weight excluding hydrogens is 390 g/mol. The molecule has 0 saturated carbocycles. The molecule has 0 radical (unpaired) electrons. The molecule has 1 aliphatic heterocycles. The molecule has 7 heteroatoms. The quantitative estimate of drug-likeness (QED) is 0.439. The Labute approximate surface area is 151 Å². The number of para-hydroxylation sites is 1. The monoisotopic (exact) mass is 403 g/mol. The van der Waals surface area contributed by atoms with E-state index in [1.165, 1.54) is 0 Å². The maximum Gasteiger partial charge on any atom is 0.293 e. The topological polar surface area (TPSA) is 59.3 Å². The molecule has 0 bridgehead atoms. The summed E-state index contributed by atoms with van der Waals surface area (Å²) < 4.78 is 1.87. The first kappa shape index (κ1) is 15.5. The Bertz CT molecular complexity index is 894. The number of hydrogen-bond acceptors (Lipinski definition) is 5. The highest BCUT2D eigenvalue weighted by Gasteiger charge is 2.32. The maximum atomic E-state index is 11.5. The SMILES string of the molecule is O=[N+]([O-])c1cc(Br)ccc1N1CCC[C@H]1c1nc2ccccc2s1. The molecule has 0 unspecified atom stereocenters. The van der Waals surface area contributed by atoms with Crippen LogP contribution in [0.15, 0.2) is 46.9 Å². The van der Waals surface area contributed by atoms with Gasteiger partial charge in [-0.2, -0.15) is 0 Å². The molecule has 5 nitrogen and oxygen atoms in total. The highest BCUT2D eigenvalue weighted by Crippen LogP contribution is 2.43. The van der Waals surface area contributed by atoms with Gasteiger partial charge >= 0.3 is 0 Å². The van der Waals surface area contributed by atoms with E-state index < -0.39 is 0 Å². The molecule has 1 saturated heterocycles. The van der Waals surface area contributed by atoms with Crippen molar-refractivity contribution in [2.75, 3.05) is 11.4 Å². The minimum atomic E-state index is -0.312. The predicted octanol–water partition coefficient (Wildman–Crippen LogP) is 5.31. The van der Waals surface area contributed by atoms with Crippen LogP contribution in [0.25, 0.3) is 10.2 Å². The number of rotatable bonds is 3. The fraction of sp³-hybridized carbons (Fsp3) is 0.235.